The molecule has 1 N–H and O–H groups in total. The van der Waals surface area contributed by atoms with Crippen LogP contribution in [0.1, 0.15) is 31.1 Å². The zero-order valence-electron chi connectivity index (χ0n) is 15.4. The number of benzene rings is 1. The van der Waals surface area contributed by atoms with E-state index < -0.39 is 5.91 Å². The van der Waals surface area contributed by atoms with Crippen molar-refractivity contribution < 1.29 is 23.5 Å². The minimum atomic E-state index is -0.513. The van der Waals surface area contributed by atoms with Crippen molar-refractivity contribution in [2.24, 2.45) is 5.92 Å². The normalized spacial score (nSPS) is 13.5. The van der Waals surface area contributed by atoms with E-state index in [-0.39, 0.29) is 24.0 Å². The highest BCUT2D eigenvalue weighted by Gasteiger charge is 2.32. The van der Waals surface area contributed by atoms with Crippen LogP contribution >= 0.6 is 0 Å². The Balaban J connectivity index is 1.74. The lowest BCUT2D eigenvalue weighted by Gasteiger charge is -2.11. The van der Waals surface area contributed by atoms with E-state index in [0.29, 0.717) is 29.4 Å². The zero-order valence-corrected chi connectivity index (χ0v) is 15.4. The molecule has 1 amide bonds. The van der Waals surface area contributed by atoms with Crippen molar-refractivity contribution in [1.29, 1.82) is 5.26 Å². The molecule has 0 unspecified atom stereocenters. The average Bonchev–Trinajstić information content (AvgIpc) is 3.42. The molecule has 1 saturated carbocycles. The van der Waals surface area contributed by atoms with Gasteiger partial charge in [-0.15, -0.1) is 0 Å². The molecule has 0 atom stereocenters. The number of amides is 1. The number of nitriles is 1. The first-order valence-corrected chi connectivity index (χ1v) is 9.01. The lowest BCUT2D eigenvalue weighted by Crippen LogP contribution is -2.23. The number of rotatable bonds is 8. The molecule has 0 saturated heterocycles. The number of nitrogens with zero attached hydrogens (tertiary/aromatic N) is 1. The van der Waals surface area contributed by atoms with Gasteiger partial charge in [-0.3, -0.25) is 9.59 Å². The van der Waals surface area contributed by atoms with Crippen molar-refractivity contribution in [1.82, 2.24) is 5.32 Å². The van der Waals surface area contributed by atoms with Gasteiger partial charge in [0.1, 0.15) is 17.4 Å². The number of hydrogen-bond acceptors (Lipinski definition) is 6. The molecule has 0 aliphatic heterocycles. The minimum Gasteiger partial charge on any atom is -0.490 e. The van der Waals surface area contributed by atoms with E-state index in [4.69, 9.17) is 13.9 Å². The van der Waals surface area contributed by atoms with Gasteiger partial charge in [0.2, 0.25) is 0 Å². The first-order valence-electron chi connectivity index (χ1n) is 9.01. The van der Waals surface area contributed by atoms with E-state index >= 15 is 0 Å². The molecule has 1 fully saturated rings. The predicted molar refractivity (Wildman–Crippen MR) is 100 cm³/mol. The maximum absolute atomic E-state index is 12.2. The predicted octanol–water partition coefficient (Wildman–Crippen LogP) is 3.22. The van der Waals surface area contributed by atoms with E-state index in [9.17, 15) is 14.9 Å². The third kappa shape index (κ3) is 5.01. The third-order valence-corrected chi connectivity index (χ3v) is 4.07. The molecular formula is C21H20N2O5. The number of hydrogen-bond donors (Lipinski definition) is 1. The fourth-order valence-electron chi connectivity index (χ4n) is 2.47. The second-order valence-corrected chi connectivity index (χ2v) is 6.27. The topological polar surface area (TPSA) is 102 Å². The summed E-state index contributed by atoms with van der Waals surface area (Å²) in [5.74, 6) is 0.499. The van der Waals surface area contributed by atoms with Crippen LogP contribution in [0.5, 0.6) is 11.5 Å². The van der Waals surface area contributed by atoms with Crippen LogP contribution in [0.15, 0.2) is 46.6 Å². The Kier molecular flexibility index (Phi) is 6.12. The third-order valence-electron chi connectivity index (χ3n) is 4.07. The van der Waals surface area contributed by atoms with Crippen molar-refractivity contribution in [2.45, 2.75) is 26.3 Å². The molecule has 28 heavy (non-hydrogen) atoms. The van der Waals surface area contributed by atoms with Crippen molar-refractivity contribution in [3.63, 3.8) is 0 Å². The highest BCUT2D eigenvalue weighted by atomic mass is 16.6. The van der Waals surface area contributed by atoms with Crippen LogP contribution in [0, 0.1) is 17.2 Å². The first-order chi connectivity index (χ1) is 13.6. The highest BCUT2D eigenvalue weighted by molar-refractivity contribution is 6.01. The van der Waals surface area contributed by atoms with Gasteiger partial charge >= 0.3 is 5.97 Å². The Morgan fingerprint density at radius 1 is 1.32 bits per heavy atom. The van der Waals surface area contributed by atoms with Gasteiger partial charge in [-0.1, -0.05) is 6.07 Å². The molecule has 3 rings (SSSR count). The Bertz CT molecular complexity index is 921. The van der Waals surface area contributed by atoms with E-state index in [0.717, 1.165) is 12.8 Å². The van der Waals surface area contributed by atoms with Gasteiger partial charge in [-0.25, -0.2) is 0 Å². The van der Waals surface area contributed by atoms with Crippen molar-refractivity contribution >= 4 is 18.0 Å². The van der Waals surface area contributed by atoms with Gasteiger partial charge < -0.3 is 19.2 Å². The largest absolute Gasteiger partial charge is 0.490 e. The van der Waals surface area contributed by atoms with Crippen LogP contribution in [-0.4, -0.2) is 18.5 Å². The molecule has 7 nitrogen and oxygen atoms in total. The van der Waals surface area contributed by atoms with Crippen LogP contribution in [0.2, 0.25) is 0 Å². The van der Waals surface area contributed by atoms with E-state index in [1.807, 2.05) is 13.0 Å². The molecule has 1 heterocycles. The molecule has 144 valence electrons. The number of nitrogens with one attached hydrogen (secondary N) is 1. The van der Waals surface area contributed by atoms with E-state index in [2.05, 4.69) is 5.32 Å². The van der Waals surface area contributed by atoms with Crippen LogP contribution in [0.25, 0.3) is 6.08 Å². The lowest BCUT2D eigenvalue weighted by molar-refractivity contribution is -0.135. The second-order valence-electron chi connectivity index (χ2n) is 6.27. The fraction of sp³-hybridized carbons (Fsp3) is 0.286. The molecule has 1 aromatic carbocycles. The summed E-state index contributed by atoms with van der Waals surface area (Å²) in [6.07, 6.45) is 4.66. The smallest absolute Gasteiger partial charge is 0.314 e. The SMILES string of the molecule is CCOc1cc(/C=C(\C#N)C(=O)NCc2ccco2)ccc1OC(=O)C1CC1. The van der Waals surface area contributed by atoms with Gasteiger partial charge in [0, 0.05) is 0 Å². The summed E-state index contributed by atoms with van der Waals surface area (Å²) in [6, 6.07) is 10.2. The summed E-state index contributed by atoms with van der Waals surface area (Å²) in [4.78, 5) is 24.1. The number of carbonyl (C=O) groups is 2. The van der Waals surface area contributed by atoms with Crippen LogP contribution < -0.4 is 14.8 Å². The fourth-order valence-corrected chi connectivity index (χ4v) is 2.47. The summed E-state index contributed by atoms with van der Waals surface area (Å²) in [6.45, 7) is 2.39. The molecule has 2 aromatic rings. The molecule has 7 heteroatoms. The standard InChI is InChI=1S/C21H20N2O5/c1-2-26-19-11-14(5-8-18(19)28-21(25)15-6-7-15)10-16(12-22)20(24)23-13-17-4-3-9-27-17/h3-5,8-11,15H,2,6-7,13H2,1H3,(H,23,24)/b16-10+. The highest BCUT2D eigenvalue weighted by Crippen LogP contribution is 2.34. The molecule has 0 radical (unpaired) electrons. The van der Waals surface area contributed by atoms with Crippen LogP contribution in [0.4, 0.5) is 0 Å². The van der Waals surface area contributed by atoms with Crippen molar-refractivity contribution in [2.75, 3.05) is 6.61 Å². The maximum Gasteiger partial charge on any atom is 0.314 e. The summed E-state index contributed by atoms with van der Waals surface area (Å²) in [5.41, 5.74) is 0.524. The number of ether oxygens (including phenoxy) is 2. The van der Waals surface area contributed by atoms with E-state index in [1.165, 1.54) is 12.3 Å². The van der Waals surface area contributed by atoms with Crippen LogP contribution in [-0.2, 0) is 16.1 Å². The molecular weight excluding hydrogens is 360 g/mol. The summed E-state index contributed by atoms with van der Waals surface area (Å²) in [7, 11) is 0. The lowest BCUT2D eigenvalue weighted by atomic mass is 10.1. The van der Waals surface area contributed by atoms with Gasteiger partial charge in [0.15, 0.2) is 11.5 Å². The average molecular weight is 380 g/mol. The van der Waals surface area contributed by atoms with Gasteiger partial charge in [-0.05, 0) is 55.7 Å². The van der Waals surface area contributed by atoms with Crippen molar-refractivity contribution in [3.05, 3.63) is 53.5 Å². The van der Waals surface area contributed by atoms with Crippen molar-refractivity contribution in [3.8, 4) is 17.6 Å². The summed E-state index contributed by atoms with van der Waals surface area (Å²) in [5, 5.41) is 12.0. The summed E-state index contributed by atoms with van der Waals surface area (Å²) >= 11 is 0. The zero-order chi connectivity index (χ0) is 19.9. The Hall–Kier alpha value is -3.53. The first kappa shape index (κ1) is 19.2. The minimum absolute atomic E-state index is 0.0305. The van der Waals surface area contributed by atoms with Gasteiger partial charge in [0.05, 0.1) is 25.3 Å². The van der Waals surface area contributed by atoms with Crippen LogP contribution in [0.3, 0.4) is 0 Å². The Morgan fingerprint density at radius 3 is 2.79 bits per heavy atom. The quantitative estimate of drug-likeness (QED) is 0.327. The van der Waals surface area contributed by atoms with Gasteiger partial charge in [-0.2, -0.15) is 5.26 Å². The molecule has 1 aromatic heterocycles. The maximum atomic E-state index is 12.2. The molecule has 0 bridgehead atoms. The number of furan rings is 1. The second kappa shape index (κ2) is 8.91. The van der Waals surface area contributed by atoms with E-state index in [1.54, 1.807) is 30.3 Å². The number of carbonyl (C=O) groups excluding carboxylic acids is 2. The Labute approximate surface area is 162 Å². The number of esters is 1. The molecule has 1 aliphatic rings. The van der Waals surface area contributed by atoms with Gasteiger partial charge in [0.25, 0.3) is 5.91 Å². The Morgan fingerprint density at radius 2 is 2.14 bits per heavy atom. The molecule has 1 aliphatic carbocycles. The monoisotopic (exact) mass is 380 g/mol. The summed E-state index contributed by atoms with van der Waals surface area (Å²) < 4.78 is 16.1. The molecule has 0 spiro atoms.